The number of carbonyl (C=O) groups excluding carboxylic acids is 1. The van der Waals surface area contributed by atoms with Crippen LogP contribution < -0.4 is 14.8 Å². The molecule has 0 aliphatic heterocycles. The molecule has 0 spiro atoms. The van der Waals surface area contributed by atoms with Crippen molar-refractivity contribution in [2.75, 3.05) is 11.9 Å². The van der Waals surface area contributed by atoms with Gasteiger partial charge in [-0.3, -0.25) is 4.79 Å². The number of sulfonamides is 1. The second-order valence-corrected chi connectivity index (χ2v) is 8.36. The van der Waals surface area contributed by atoms with E-state index >= 15 is 0 Å². The van der Waals surface area contributed by atoms with Crippen LogP contribution >= 0.6 is 0 Å². The smallest absolute Gasteiger partial charge is 0.262 e. The Morgan fingerprint density at radius 1 is 1.12 bits per heavy atom. The summed E-state index contributed by atoms with van der Waals surface area (Å²) in [6, 6.07) is 11.3. The van der Waals surface area contributed by atoms with Gasteiger partial charge in [-0.05, 0) is 51.1 Å². The van der Waals surface area contributed by atoms with E-state index in [0.29, 0.717) is 5.69 Å². The molecule has 0 saturated carbocycles. The van der Waals surface area contributed by atoms with Crippen LogP contribution in [-0.2, 0) is 14.8 Å². The van der Waals surface area contributed by atoms with Gasteiger partial charge in [-0.1, -0.05) is 12.1 Å². The van der Waals surface area contributed by atoms with Crippen molar-refractivity contribution in [2.45, 2.75) is 31.2 Å². The normalized spacial score (nSPS) is 11.8. The van der Waals surface area contributed by atoms with Gasteiger partial charge in [0.1, 0.15) is 11.6 Å². The van der Waals surface area contributed by atoms with Crippen LogP contribution in [0.5, 0.6) is 5.75 Å². The van der Waals surface area contributed by atoms with Crippen molar-refractivity contribution in [1.82, 2.24) is 4.72 Å². The van der Waals surface area contributed by atoms with Gasteiger partial charge in [0.15, 0.2) is 6.61 Å². The van der Waals surface area contributed by atoms with E-state index in [1.165, 1.54) is 42.5 Å². The first-order valence-corrected chi connectivity index (χ1v) is 9.36. The van der Waals surface area contributed by atoms with E-state index in [1.54, 1.807) is 26.8 Å². The van der Waals surface area contributed by atoms with Crippen molar-refractivity contribution in [3.63, 3.8) is 0 Å². The van der Waals surface area contributed by atoms with E-state index in [-0.39, 0.29) is 17.3 Å². The van der Waals surface area contributed by atoms with Crippen LogP contribution in [0.15, 0.2) is 53.4 Å². The van der Waals surface area contributed by atoms with Crippen molar-refractivity contribution in [2.24, 2.45) is 0 Å². The number of carbonyl (C=O) groups is 1. The van der Waals surface area contributed by atoms with Gasteiger partial charge in [0, 0.05) is 17.3 Å². The monoisotopic (exact) mass is 380 g/mol. The van der Waals surface area contributed by atoms with Gasteiger partial charge in [0.2, 0.25) is 10.0 Å². The number of halogens is 1. The van der Waals surface area contributed by atoms with Crippen molar-refractivity contribution in [3.05, 3.63) is 54.3 Å². The molecule has 140 valence electrons. The summed E-state index contributed by atoms with van der Waals surface area (Å²) in [5.74, 6) is -0.731. The second kappa shape index (κ2) is 7.84. The van der Waals surface area contributed by atoms with Gasteiger partial charge in [-0.25, -0.2) is 17.5 Å². The van der Waals surface area contributed by atoms with Crippen molar-refractivity contribution in [1.29, 1.82) is 0 Å². The molecule has 8 heteroatoms. The standard InChI is InChI=1S/C18H21FN2O4S/c1-18(2,3)21-26(23,24)16-9-5-7-14(11-16)20-17(22)12-25-15-8-4-6-13(19)10-15/h4-11,21H,12H2,1-3H3,(H,20,22). The number of ether oxygens (including phenoxy) is 1. The topological polar surface area (TPSA) is 84.5 Å². The lowest BCUT2D eigenvalue weighted by atomic mass is 10.1. The maximum Gasteiger partial charge on any atom is 0.262 e. The molecule has 0 saturated heterocycles. The summed E-state index contributed by atoms with van der Waals surface area (Å²) < 4.78 is 45.5. The molecule has 2 N–H and O–H groups in total. The molecule has 0 aliphatic carbocycles. The lowest BCUT2D eigenvalue weighted by Gasteiger charge is -2.20. The predicted molar refractivity (Wildman–Crippen MR) is 97.0 cm³/mol. The summed E-state index contributed by atoms with van der Waals surface area (Å²) in [6.45, 7) is 4.88. The molecule has 2 aromatic rings. The van der Waals surface area contributed by atoms with E-state index < -0.39 is 27.3 Å². The van der Waals surface area contributed by atoms with E-state index in [4.69, 9.17) is 4.74 Å². The first kappa shape index (κ1) is 19.9. The van der Waals surface area contributed by atoms with E-state index in [1.807, 2.05) is 0 Å². The number of benzene rings is 2. The van der Waals surface area contributed by atoms with E-state index in [2.05, 4.69) is 10.0 Å². The van der Waals surface area contributed by atoms with Crippen LogP contribution in [-0.4, -0.2) is 26.5 Å². The zero-order valence-corrected chi connectivity index (χ0v) is 15.6. The van der Waals surface area contributed by atoms with Gasteiger partial charge in [-0.15, -0.1) is 0 Å². The van der Waals surface area contributed by atoms with Crippen LogP contribution in [0.1, 0.15) is 20.8 Å². The highest BCUT2D eigenvalue weighted by molar-refractivity contribution is 7.89. The average Bonchev–Trinajstić information content (AvgIpc) is 2.51. The molecule has 0 unspecified atom stereocenters. The molecular weight excluding hydrogens is 359 g/mol. The van der Waals surface area contributed by atoms with Crippen LogP contribution in [0, 0.1) is 5.82 Å². The molecule has 0 heterocycles. The number of amides is 1. The van der Waals surface area contributed by atoms with E-state index in [0.717, 1.165) is 0 Å². The molecule has 2 rings (SSSR count). The molecule has 0 aromatic heterocycles. The highest BCUT2D eigenvalue weighted by Gasteiger charge is 2.22. The number of anilines is 1. The van der Waals surface area contributed by atoms with Gasteiger partial charge in [0.25, 0.3) is 5.91 Å². The highest BCUT2D eigenvalue weighted by atomic mass is 32.2. The first-order chi connectivity index (χ1) is 12.0. The largest absolute Gasteiger partial charge is 0.484 e. The average molecular weight is 380 g/mol. The van der Waals surface area contributed by atoms with Gasteiger partial charge in [0.05, 0.1) is 4.90 Å². The minimum absolute atomic E-state index is 0.0382. The Morgan fingerprint density at radius 3 is 2.46 bits per heavy atom. The Bertz CT molecular complexity index is 892. The number of rotatable bonds is 6. The number of hydrogen-bond acceptors (Lipinski definition) is 4. The SMILES string of the molecule is CC(C)(C)NS(=O)(=O)c1cccc(NC(=O)COc2cccc(F)c2)c1. The lowest BCUT2D eigenvalue weighted by Crippen LogP contribution is -2.40. The fourth-order valence-corrected chi connectivity index (χ4v) is 3.57. The maximum atomic E-state index is 13.1. The van der Waals surface area contributed by atoms with Gasteiger partial charge in [-0.2, -0.15) is 0 Å². The summed E-state index contributed by atoms with van der Waals surface area (Å²) in [6.07, 6.45) is 0. The molecule has 6 nitrogen and oxygen atoms in total. The third-order valence-corrected chi connectivity index (χ3v) is 4.79. The molecule has 0 aliphatic rings. The molecule has 2 aromatic carbocycles. The summed E-state index contributed by atoms with van der Waals surface area (Å²) in [4.78, 5) is 12.0. The van der Waals surface area contributed by atoms with Crippen molar-refractivity contribution in [3.8, 4) is 5.75 Å². The van der Waals surface area contributed by atoms with Crippen LogP contribution in [0.2, 0.25) is 0 Å². The first-order valence-electron chi connectivity index (χ1n) is 7.87. The predicted octanol–water partition coefficient (Wildman–Crippen LogP) is 2.92. The summed E-state index contributed by atoms with van der Waals surface area (Å²) in [5, 5.41) is 2.55. The third-order valence-electron chi connectivity index (χ3n) is 3.03. The van der Waals surface area contributed by atoms with Gasteiger partial charge < -0.3 is 10.1 Å². The Morgan fingerprint density at radius 2 is 1.81 bits per heavy atom. The maximum absolute atomic E-state index is 13.1. The zero-order chi connectivity index (χ0) is 19.4. The Hall–Kier alpha value is -2.45. The fraction of sp³-hybridized carbons (Fsp3) is 0.278. The van der Waals surface area contributed by atoms with Crippen LogP contribution in [0.4, 0.5) is 10.1 Å². The highest BCUT2D eigenvalue weighted by Crippen LogP contribution is 2.18. The Balaban J connectivity index is 2.02. The quantitative estimate of drug-likeness (QED) is 0.807. The fourth-order valence-electron chi connectivity index (χ4n) is 2.11. The second-order valence-electron chi connectivity index (χ2n) is 6.68. The number of hydrogen-bond donors (Lipinski definition) is 2. The Kier molecular flexibility index (Phi) is 5.99. The third kappa shape index (κ3) is 6.12. The van der Waals surface area contributed by atoms with Crippen molar-refractivity contribution >= 4 is 21.6 Å². The van der Waals surface area contributed by atoms with Crippen LogP contribution in [0.3, 0.4) is 0 Å². The lowest BCUT2D eigenvalue weighted by molar-refractivity contribution is -0.118. The zero-order valence-electron chi connectivity index (χ0n) is 14.7. The molecular formula is C18H21FN2O4S. The summed E-state index contributed by atoms with van der Waals surface area (Å²) >= 11 is 0. The van der Waals surface area contributed by atoms with Crippen molar-refractivity contribution < 1.29 is 22.3 Å². The molecule has 0 radical (unpaired) electrons. The minimum atomic E-state index is -3.71. The minimum Gasteiger partial charge on any atom is -0.484 e. The molecule has 26 heavy (non-hydrogen) atoms. The summed E-state index contributed by atoms with van der Waals surface area (Å²) in [5.41, 5.74) is -0.314. The van der Waals surface area contributed by atoms with E-state index in [9.17, 15) is 17.6 Å². The molecule has 0 atom stereocenters. The number of nitrogens with one attached hydrogen (secondary N) is 2. The molecule has 1 amide bonds. The molecule has 0 fully saturated rings. The molecule has 0 bridgehead atoms. The Labute approximate surface area is 152 Å². The van der Waals surface area contributed by atoms with Gasteiger partial charge >= 0.3 is 0 Å². The van der Waals surface area contributed by atoms with Crippen LogP contribution in [0.25, 0.3) is 0 Å². The summed E-state index contributed by atoms with van der Waals surface area (Å²) in [7, 11) is -3.71.